The highest BCUT2D eigenvalue weighted by Crippen LogP contribution is 2.16. The maximum Gasteiger partial charge on any atom is 0.259 e. The zero-order valence-electron chi connectivity index (χ0n) is 13.6. The lowest BCUT2D eigenvalue weighted by Crippen LogP contribution is -2.27. The van der Waals surface area contributed by atoms with Crippen molar-refractivity contribution in [3.8, 4) is 11.5 Å². The van der Waals surface area contributed by atoms with Crippen molar-refractivity contribution in [1.29, 1.82) is 0 Å². The molecule has 0 fully saturated rings. The average molecular weight is 325 g/mol. The van der Waals surface area contributed by atoms with E-state index in [1.165, 1.54) is 11.0 Å². The number of benzene rings is 2. The summed E-state index contributed by atoms with van der Waals surface area (Å²) in [6.45, 7) is -0.0796. The number of nitrogens with zero attached hydrogens (tertiary/aromatic N) is 1. The maximum atomic E-state index is 12.2. The van der Waals surface area contributed by atoms with E-state index in [4.69, 9.17) is 4.74 Å². The fraction of sp³-hybridized carbons (Fsp3) is 0.158. The Balaban J connectivity index is 2.04. The first-order chi connectivity index (χ1) is 11.5. The van der Waals surface area contributed by atoms with E-state index in [2.05, 4.69) is 0 Å². The van der Waals surface area contributed by atoms with Gasteiger partial charge in [0.1, 0.15) is 11.5 Å². The number of phenolic OH excluding ortho intramolecular Hbond substituents is 1. The lowest BCUT2D eigenvalue weighted by atomic mass is 10.1. The third kappa shape index (κ3) is 4.98. The van der Waals surface area contributed by atoms with Crippen molar-refractivity contribution in [2.75, 3.05) is 20.7 Å². The topological polar surface area (TPSA) is 66.8 Å². The summed E-state index contributed by atoms with van der Waals surface area (Å²) in [6.07, 6.45) is 3.06. The highest BCUT2D eigenvalue weighted by Gasteiger charge is 2.07. The van der Waals surface area contributed by atoms with Gasteiger partial charge in [0, 0.05) is 19.7 Å². The number of carbonyl (C=O) groups excluding carboxylic acids is 2. The number of likely N-dealkylation sites (N-methyl/N-ethyl adjacent to an activating group) is 1. The standard InChI is InChI=1S/C19H19NO4/c1-20(2)19(23)13-24-17-8-4-6-15(12-17)18(22)10-9-14-5-3-7-16(21)11-14/h3-12,21H,13H2,1-2H3/b10-9+. The second-order valence-electron chi connectivity index (χ2n) is 5.40. The lowest BCUT2D eigenvalue weighted by molar-refractivity contribution is -0.130. The zero-order chi connectivity index (χ0) is 17.5. The summed E-state index contributed by atoms with van der Waals surface area (Å²) in [5.41, 5.74) is 1.19. The molecule has 0 bridgehead atoms. The van der Waals surface area contributed by atoms with E-state index in [9.17, 15) is 14.7 Å². The van der Waals surface area contributed by atoms with Crippen molar-refractivity contribution in [1.82, 2.24) is 4.90 Å². The van der Waals surface area contributed by atoms with E-state index in [1.807, 2.05) is 0 Å². The molecule has 0 atom stereocenters. The molecule has 2 aromatic rings. The summed E-state index contributed by atoms with van der Waals surface area (Å²) >= 11 is 0. The molecule has 1 amide bonds. The highest BCUT2D eigenvalue weighted by molar-refractivity contribution is 6.07. The first-order valence-electron chi connectivity index (χ1n) is 7.40. The van der Waals surface area contributed by atoms with Gasteiger partial charge in [-0.2, -0.15) is 0 Å². The van der Waals surface area contributed by atoms with Crippen LogP contribution in [0.1, 0.15) is 15.9 Å². The quantitative estimate of drug-likeness (QED) is 0.655. The van der Waals surface area contributed by atoms with Gasteiger partial charge in [-0.3, -0.25) is 9.59 Å². The van der Waals surface area contributed by atoms with Crippen molar-refractivity contribution in [2.24, 2.45) is 0 Å². The van der Waals surface area contributed by atoms with Crippen LogP contribution in [0.3, 0.4) is 0 Å². The van der Waals surface area contributed by atoms with Crippen LogP contribution in [0.4, 0.5) is 0 Å². The molecule has 5 nitrogen and oxygen atoms in total. The summed E-state index contributed by atoms with van der Waals surface area (Å²) in [4.78, 5) is 25.2. The first kappa shape index (κ1) is 17.3. The van der Waals surface area contributed by atoms with Crippen LogP contribution in [-0.4, -0.2) is 42.4 Å². The number of allylic oxidation sites excluding steroid dienone is 1. The molecular weight excluding hydrogens is 306 g/mol. The minimum Gasteiger partial charge on any atom is -0.508 e. The van der Waals surface area contributed by atoms with Crippen LogP contribution in [0.15, 0.2) is 54.6 Å². The smallest absolute Gasteiger partial charge is 0.259 e. The van der Waals surface area contributed by atoms with Gasteiger partial charge in [0.2, 0.25) is 0 Å². The normalized spacial score (nSPS) is 10.6. The largest absolute Gasteiger partial charge is 0.508 e. The van der Waals surface area contributed by atoms with Gasteiger partial charge in [-0.15, -0.1) is 0 Å². The van der Waals surface area contributed by atoms with Crippen LogP contribution in [0, 0.1) is 0 Å². The molecule has 24 heavy (non-hydrogen) atoms. The van der Waals surface area contributed by atoms with Crippen molar-refractivity contribution < 1.29 is 19.4 Å². The SMILES string of the molecule is CN(C)C(=O)COc1cccc(C(=O)/C=C/c2cccc(O)c2)c1. The van der Waals surface area contributed by atoms with Gasteiger partial charge in [0.15, 0.2) is 12.4 Å². The second kappa shape index (κ2) is 7.97. The fourth-order valence-corrected chi connectivity index (χ4v) is 1.91. The molecule has 2 aromatic carbocycles. The van der Waals surface area contributed by atoms with Gasteiger partial charge >= 0.3 is 0 Å². The van der Waals surface area contributed by atoms with Gasteiger partial charge in [-0.1, -0.05) is 30.3 Å². The second-order valence-corrected chi connectivity index (χ2v) is 5.40. The van der Waals surface area contributed by atoms with E-state index < -0.39 is 0 Å². The summed E-state index contributed by atoms with van der Waals surface area (Å²) in [7, 11) is 3.30. The number of ether oxygens (including phenoxy) is 1. The highest BCUT2D eigenvalue weighted by atomic mass is 16.5. The summed E-state index contributed by atoms with van der Waals surface area (Å²) < 4.78 is 5.40. The van der Waals surface area contributed by atoms with Crippen molar-refractivity contribution in [2.45, 2.75) is 0 Å². The number of rotatable bonds is 6. The third-order valence-corrected chi connectivity index (χ3v) is 3.28. The van der Waals surface area contributed by atoms with Crippen LogP contribution in [0.5, 0.6) is 11.5 Å². The van der Waals surface area contributed by atoms with Crippen LogP contribution in [0.2, 0.25) is 0 Å². The number of carbonyl (C=O) groups is 2. The molecule has 0 unspecified atom stereocenters. The van der Waals surface area contributed by atoms with E-state index in [1.54, 1.807) is 68.7 Å². The third-order valence-electron chi connectivity index (χ3n) is 3.28. The molecule has 5 heteroatoms. The van der Waals surface area contributed by atoms with E-state index in [0.717, 1.165) is 5.56 Å². The molecular formula is C19H19NO4. The number of amides is 1. The predicted octanol–water partition coefficient (Wildman–Crippen LogP) is 2.76. The predicted molar refractivity (Wildman–Crippen MR) is 92.1 cm³/mol. The molecule has 0 aliphatic rings. The minimum atomic E-state index is -0.192. The molecule has 0 heterocycles. The molecule has 0 aliphatic carbocycles. The molecule has 124 valence electrons. The molecule has 0 saturated heterocycles. The number of hydrogen-bond donors (Lipinski definition) is 1. The summed E-state index contributed by atoms with van der Waals surface area (Å²) in [6, 6.07) is 13.3. The molecule has 0 aromatic heterocycles. The van der Waals surface area contributed by atoms with E-state index in [-0.39, 0.29) is 24.0 Å². The molecule has 2 rings (SSSR count). The van der Waals surface area contributed by atoms with Gasteiger partial charge in [-0.25, -0.2) is 0 Å². The molecule has 0 aliphatic heterocycles. The Bertz CT molecular complexity index is 765. The Morgan fingerprint density at radius 3 is 2.58 bits per heavy atom. The maximum absolute atomic E-state index is 12.2. The van der Waals surface area contributed by atoms with Gasteiger partial charge in [0.25, 0.3) is 5.91 Å². The molecule has 0 spiro atoms. The number of ketones is 1. The monoisotopic (exact) mass is 325 g/mol. The Morgan fingerprint density at radius 2 is 1.88 bits per heavy atom. The Morgan fingerprint density at radius 1 is 1.12 bits per heavy atom. The first-order valence-corrected chi connectivity index (χ1v) is 7.40. The van der Waals surface area contributed by atoms with Crippen molar-refractivity contribution >= 4 is 17.8 Å². The van der Waals surface area contributed by atoms with Crippen LogP contribution < -0.4 is 4.74 Å². The Hall–Kier alpha value is -3.08. The zero-order valence-corrected chi connectivity index (χ0v) is 13.6. The molecule has 0 radical (unpaired) electrons. The van der Waals surface area contributed by atoms with Crippen LogP contribution >= 0.6 is 0 Å². The summed E-state index contributed by atoms with van der Waals surface area (Å²) in [5, 5.41) is 9.41. The van der Waals surface area contributed by atoms with E-state index >= 15 is 0 Å². The van der Waals surface area contributed by atoms with Gasteiger partial charge in [0.05, 0.1) is 0 Å². The minimum absolute atomic E-state index is 0.0796. The lowest BCUT2D eigenvalue weighted by Gasteiger charge is -2.11. The van der Waals surface area contributed by atoms with E-state index in [0.29, 0.717) is 11.3 Å². The summed E-state index contributed by atoms with van der Waals surface area (Å²) in [5.74, 6) is 0.255. The van der Waals surface area contributed by atoms with Crippen LogP contribution in [-0.2, 0) is 4.79 Å². The van der Waals surface area contributed by atoms with Gasteiger partial charge < -0.3 is 14.7 Å². The fourth-order valence-electron chi connectivity index (χ4n) is 1.91. The van der Waals surface area contributed by atoms with Crippen LogP contribution in [0.25, 0.3) is 6.08 Å². The molecule has 1 N–H and O–H groups in total. The molecule has 0 saturated carbocycles. The van der Waals surface area contributed by atoms with Crippen molar-refractivity contribution in [3.05, 3.63) is 65.7 Å². The number of hydrogen-bond acceptors (Lipinski definition) is 4. The van der Waals surface area contributed by atoms with Gasteiger partial charge in [-0.05, 0) is 35.9 Å². The number of aromatic hydroxyl groups is 1. The van der Waals surface area contributed by atoms with Crippen molar-refractivity contribution in [3.63, 3.8) is 0 Å². The average Bonchev–Trinajstić information content (AvgIpc) is 2.57. The Labute approximate surface area is 140 Å². The Kier molecular flexibility index (Phi) is 5.73. The number of phenols is 1.